The summed E-state index contributed by atoms with van der Waals surface area (Å²) >= 11 is 0. The minimum absolute atomic E-state index is 0.285. The van der Waals surface area contributed by atoms with Gasteiger partial charge in [-0.1, -0.05) is 6.92 Å². The van der Waals surface area contributed by atoms with Crippen LogP contribution in [0.3, 0.4) is 0 Å². The van der Waals surface area contributed by atoms with Crippen LogP contribution in [0, 0.1) is 5.41 Å². The van der Waals surface area contributed by atoms with Gasteiger partial charge in [0, 0.05) is 45.5 Å². The Bertz CT molecular complexity index is 241. The van der Waals surface area contributed by atoms with E-state index in [1.165, 1.54) is 6.42 Å². The average Bonchev–Trinajstić information content (AvgIpc) is 2.44. The first-order chi connectivity index (χ1) is 9.63. The first-order valence-electron chi connectivity index (χ1n) is 8.27. The van der Waals surface area contributed by atoms with Crippen LogP contribution < -0.4 is 5.32 Å². The molecule has 1 heterocycles. The van der Waals surface area contributed by atoms with Crippen LogP contribution in [0.1, 0.15) is 46.5 Å². The maximum absolute atomic E-state index is 9.08. The summed E-state index contributed by atoms with van der Waals surface area (Å²) in [6, 6.07) is 0.535. The lowest BCUT2D eigenvalue weighted by Gasteiger charge is -2.42. The number of aliphatic hydroxyl groups excluding tert-OH is 1. The SMILES string of the molecule is CCCNCC1(CN(CCCO)C(C)C)CCOCC1. The first kappa shape index (κ1) is 17.9. The summed E-state index contributed by atoms with van der Waals surface area (Å²) in [6.07, 6.45) is 4.34. The molecule has 0 unspecified atom stereocenters. The molecule has 20 heavy (non-hydrogen) atoms. The number of hydrogen-bond acceptors (Lipinski definition) is 4. The monoisotopic (exact) mass is 286 g/mol. The molecule has 1 saturated heterocycles. The molecule has 1 fully saturated rings. The molecule has 0 aromatic rings. The molecule has 0 aromatic carbocycles. The number of rotatable bonds is 10. The van der Waals surface area contributed by atoms with Crippen molar-refractivity contribution in [3.05, 3.63) is 0 Å². The van der Waals surface area contributed by atoms with Crippen LogP contribution in [0.15, 0.2) is 0 Å². The highest BCUT2D eigenvalue weighted by atomic mass is 16.5. The largest absolute Gasteiger partial charge is 0.396 e. The third kappa shape index (κ3) is 6.08. The van der Waals surface area contributed by atoms with Crippen LogP contribution >= 0.6 is 0 Å². The summed E-state index contributed by atoms with van der Waals surface area (Å²) in [4.78, 5) is 2.52. The van der Waals surface area contributed by atoms with Crippen LogP contribution in [-0.2, 0) is 4.74 Å². The lowest BCUT2D eigenvalue weighted by molar-refractivity contribution is -0.0103. The number of nitrogens with one attached hydrogen (secondary N) is 1. The minimum Gasteiger partial charge on any atom is -0.396 e. The topological polar surface area (TPSA) is 44.7 Å². The summed E-state index contributed by atoms with van der Waals surface area (Å²) in [5.41, 5.74) is 0.340. The molecular formula is C16H34N2O2. The fraction of sp³-hybridized carbons (Fsp3) is 1.00. The van der Waals surface area contributed by atoms with Crippen LogP contribution in [0.2, 0.25) is 0 Å². The Morgan fingerprint density at radius 2 is 2.00 bits per heavy atom. The predicted octanol–water partition coefficient (Wildman–Crippen LogP) is 1.88. The number of hydrogen-bond donors (Lipinski definition) is 2. The zero-order valence-electron chi connectivity index (χ0n) is 13.7. The molecule has 1 aliphatic heterocycles. The molecule has 2 N–H and O–H groups in total. The van der Waals surface area contributed by atoms with Gasteiger partial charge in [0.15, 0.2) is 0 Å². The zero-order chi connectivity index (χ0) is 14.8. The molecule has 4 nitrogen and oxygen atoms in total. The predicted molar refractivity (Wildman–Crippen MR) is 84.1 cm³/mol. The lowest BCUT2D eigenvalue weighted by Crippen LogP contribution is -2.49. The zero-order valence-corrected chi connectivity index (χ0v) is 13.7. The Morgan fingerprint density at radius 1 is 1.30 bits per heavy atom. The third-order valence-corrected chi connectivity index (χ3v) is 4.35. The fourth-order valence-electron chi connectivity index (χ4n) is 2.95. The fourth-order valence-corrected chi connectivity index (χ4v) is 2.95. The van der Waals surface area contributed by atoms with Gasteiger partial charge in [0.1, 0.15) is 0 Å². The molecular weight excluding hydrogens is 252 g/mol. The van der Waals surface area contributed by atoms with Gasteiger partial charge < -0.3 is 20.1 Å². The van der Waals surface area contributed by atoms with E-state index >= 15 is 0 Å². The van der Waals surface area contributed by atoms with Gasteiger partial charge in [-0.15, -0.1) is 0 Å². The van der Waals surface area contributed by atoms with E-state index in [-0.39, 0.29) is 6.61 Å². The Balaban J connectivity index is 2.60. The second kappa shape index (κ2) is 9.72. The maximum Gasteiger partial charge on any atom is 0.0472 e. The van der Waals surface area contributed by atoms with Gasteiger partial charge in [-0.2, -0.15) is 0 Å². The average molecular weight is 286 g/mol. The van der Waals surface area contributed by atoms with E-state index in [0.717, 1.165) is 58.7 Å². The van der Waals surface area contributed by atoms with E-state index < -0.39 is 0 Å². The second-order valence-corrected chi connectivity index (χ2v) is 6.43. The molecule has 1 aliphatic rings. The van der Waals surface area contributed by atoms with Crippen molar-refractivity contribution in [1.82, 2.24) is 10.2 Å². The Kier molecular flexibility index (Phi) is 8.69. The van der Waals surface area contributed by atoms with Crippen LogP contribution in [-0.4, -0.2) is 62.0 Å². The summed E-state index contributed by atoms with van der Waals surface area (Å²) in [6.45, 7) is 13.1. The smallest absolute Gasteiger partial charge is 0.0472 e. The van der Waals surface area contributed by atoms with Gasteiger partial charge in [0.2, 0.25) is 0 Å². The molecule has 4 heteroatoms. The normalized spacial score (nSPS) is 18.9. The van der Waals surface area contributed by atoms with E-state index in [9.17, 15) is 0 Å². The lowest BCUT2D eigenvalue weighted by atomic mass is 9.79. The van der Waals surface area contributed by atoms with E-state index in [4.69, 9.17) is 9.84 Å². The Morgan fingerprint density at radius 3 is 2.55 bits per heavy atom. The quantitative estimate of drug-likeness (QED) is 0.602. The Hall–Kier alpha value is -0.160. The molecule has 0 aliphatic carbocycles. The molecule has 1 rings (SSSR count). The van der Waals surface area contributed by atoms with Gasteiger partial charge in [-0.3, -0.25) is 0 Å². The van der Waals surface area contributed by atoms with E-state index in [1.54, 1.807) is 0 Å². The van der Waals surface area contributed by atoms with Crippen molar-refractivity contribution < 1.29 is 9.84 Å². The van der Waals surface area contributed by atoms with E-state index in [1.807, 2.05) is 0 Å². The van der Waals surface area contributed by atoms with Crippen LogP contribution in [0.25, 0.3) is 0 Å². The molecule has 0 aromatic heterocycles. The van der Waals surface area contributed by atoms with Crippen LogP contribution in [0.4, 0.5) is 0 Å². The van der Waals surface area contributed by atoms with Gasteiger partial charge in [0.25, 0.3) is 0 Å². The molecule has 0 bridgehead atoms. The van der Waals surface area contributed by atoms with Gasteiger partial charge in [-0.25, -0.2) is 0 Å². The molecule has 0 amide bonds. The van der Waals surface area contributed by atoms with Crippen molar-refractivity contribution in [2.75, 3.05) is 46.0 Å². The summed E-state index contributed by atoms with van der Waals surface area (Å²) in [5.74, 6) is 0. The number of ether oxygens (including phenoxy) is 1. The van der Waals surface area contributed by atoms with Crippen molar-refractivity contribution in [3.63, 3.8) is 0 Å². The highest BCUT2D eigenvalue weighted by Crippen LogP contribution is 2.31. The maximum atomic E-state index is 9.08. The van der Waals surface area contributed by atoms with Gasteiger partial charge in [-0.05, 0) is 51.5 Å². The Labute approximate surface area is 124 Å². The van der Waals surface area contributed by atoms with Crippen molar-refractivity contribution in [1.29, 1.82) is 0 Å². The molecule has 0 radical (unpaired) electrons. The number of aliphatic hydroxyl groups is 1. The highest BCUT2D eigenvalue weighted by molar-refractivity contribution is 4.88. The highest BCUT2D eigenvalue weighted by Gasteiger charge is 2.34. The summed E-state index contributed by atoms with van der Waals surface area (Å²) in [5, 5.41) is 12.7. The molecule has 0 spiro atoms. The van der Waals surface area contributed by atoms with Gasteiger partial charge >= 0.3 is 0 Å². The summed E-state index contributed by atoms with van der Waals surface area (Å²) in [7, 11) is 0. The molecule has 0 atom stereocenters. The van der Waals surface area contributed by atoms with Crippen molar-refractivity contribution in [2.45, 2.75) is 52.5 Å². The van der Waals surface area contributed by atoms with E-state index in [0.29, 0.717) is 11.5 Å². The summed E-state index contributed by atoms with van der Waals surface area (Å²) < 4.78 is 5.57. The van der Waals surface area contributed by atoms with Crippen molar-refractivity contribution >= 4 is 0 Å². The number of nitrogens with zero attached hydrogens (tertiary/aromatic N) is 1. The van der Waals surface area contributed by atoms with Gasteiger partial charge in [0.05, 0.1) is 0 Å². The first-order valence-corrected chi connectivity index (χ1v) is 8.27. The second-order valence-electron chi connectivity index (χ2n) is 6.43. The van der Waals surface area contributed by atoms with Crippen LogP contribution in [0.5, 0.6) is 0 Å². The van der Waals surface area contributed by atoms with E-state index in [2.05, 4.69) is 31.0 Å². The van der Waals surface area contributed by atoms with Crippen molar-refractivity contribution in [2.24, 2.45) is 5.41 Å². The molecule has 0 saturated carbocycles. The van der Waals surface area contributed by atoms with Crippen molar-refractivity contribution in [3.8, 4) is 0 Å². The minimum atomic E-state index is 0.285. The molecule has 120 valence electrons. The third-order valence-electron chi connectivity index (χ3n) is 4.35. The standard InChI is InChI=1S/C16H34N2O2/c1-4-8-17-13-16(6-11-20-12-7-16)14-18(15(2)3)9-5-10-19/h15,17,19H,4-14H2,1-3H3.